The van der Waals surface area contributed by atoms with Gasteiger partial charge in [0.2, 0.25) is 0 Å². The third-order valence-electron chi connectivity index (χ3n) is 2.64. The van der Waals surface area contributed by atoms with Crippen LogP contribution in [0.3, 0.4) is 0 Å². The molecule has 4 N–H and O–H groups in total. The van der Waals surface area contributed by atoms with Crippen LogP contribution in [0.25, 0.3) is 0 Å². The van der Waals surface area contributed by atoms with E-state index in [0.717, 1.165) is 5.56 Å². The number of carbonyl (C=O) groups excluding carboxylic acids is 1. The number of carbonyl (C=O) groups is 3. The molecule has 116 valence electrons. The lowest BCUT2D eigenvalue weighted by molar-refractivity contribution is -0.140. The predicted octanol–water partition coefficient (Wildman–Crippen LogP) is -0.191. The van der Waals surface area contributed by atoms with E-state index in [9.17, 15) is 14.4 Å². The zero-order valence-electron chi connectivity index (χ0n) is 11.6. The van der Waals surface area contributed by atoms with Gasteiger partial charge in [-0.1, -0.05) is 0 Å². The van der Waals surface area contributed by atoms with Crippen LogP contribution in [0.4, 0.5) is 4.79 Å². The monoisotopic (exact) mass is 298 g/mol. The van der Waals surface area contributed by atoms with Crippen LogP contribution < -0.4 is 10.6 Å². The number of nitrogens with one attached hydrogen (secondary N) is 2. The van der Waals surface area contributed by atoms with Gasteiger partial charge < -0.3 is 20.8 Å². The average molecular weight is 298 g/mol. The minimum atomic E-state index is -1.27. The normalized spacial score (nSPS) is 11.7. The second-order valence-corrected chi connectivity index (χ2v) is 4.50. The first kappa shape index (κ1) is 16.5. The number of urea groups is 1. The molecule has 2 amide bonds. The van der Waals surface area contributed by atoms with E-state index in [1.54, 1.807) is 10.9 Å². The predicted molar refractivity (Wildman–Crippen MR) is 71.8 cm³/mol. The molecule has 0 aliphatic heterocycles. The lowest BCUT2D eigenvalue weighted by atomic mass is 10.1. The van der Waals surface area contributed by atoms with Gasteiger partial charge in [0, 0.05) is 19.2 Å². The summed E-state index contributed by atoms with van der Waals surface area (Å²) in [5, 5.41) is 26.2. The van der Waals surface area contributed by atoms with Crippen molar-refractivity contribution in [3.63, 3.8) is 0 Å². The van der Waals surface area contributed by atoms with E-state index in [0.29, 0.717) is 6.54 Å². The summed E-state index contributed by atoms with van der Waals surface area (Å²) in [4.78, 5) is 32.8. The molecular formula is C12H18N4O5. The van der Waals surface area contributed by atoms with Gasteiger partial charge in [0.05, 0.1) is 12.7 Å². The van der Waals surface area contributed by atoms with Crippen LogP contribution in [-0.4, -0.2) is 50.5 Å². The van der Waals surface area contributed by atoms with Crippen molar-refractivity contribution in [2.24, 2.45) is 0 Å². The SMILES string of the molecule is Cc1cnn(CCNC(=O)NC(CCC(=O)O)C(=O)O)c1. The van der Waals surface area contributed by atoms with E-state index in [1.165, 1.54) is 0 Å². The highest BCUT2D eigenvalue weighted by molar-refractivity contribution is 5.82. The molecule has 0 aliphatic carbocycles. The molecule has 1 unspecified atom stereocenters. The number of hydrogen-bond donors (Lipinski definition) is 4. The fraction of sp³-hybridized carbons (Fsp3) is 0.500. The molecule has 1 atom stereocenters. The summed E-state index contributed by atoms with van der Waals surface area (Å²) in [6.45, 7) is 2.62. The number of aryl methyl sites for hydroxylation is 1. The number of carboxylic acid groups (broad SMARTS) is 2. The highest BCUT2D eigenvalue weighted by Crippen LogP contribution is 1.98. The Bertz CT molecular complexity index is 514. The molecule has 1 rings (SSSR count). The Labute approximate surface area is 120 Å². The van der Waals surface area contributed by atoms with E-state index >= 15 is 0 Å². The van der Waals surface area contributed by atoms with Crippen molar-refractivity contribution in [3.8, 4) is 0 Å². The van der Waals surface area contributed by atoms with Gasteiger partial charge in [0.1, 0.15) is 6.04 Å². The summed E-state index contributed by atoms with van der Waals surface area (Å²) in [5.41, 5.74) is 0.999. The molecular weight excluding hydrogens is 280 g/mol. The van der Waals surface area contributed by atoms with Crippen molar-refractivity contribution >= 4 is 18.0 Å². The molecule has 0 aromatic carbocycles. The number of hydrogen-bond acceptors (Lipinski definition) is 4. The van der Waals surface area contributed by atoms with E-state index < -0.39 is 24.0 Å². The van der Waals surface area contributed by atoms with Gasteiger partial charge >= 0.3 is 18.0 Å². The third kappa shape index (κ3) is 6.41. The Kier molecular flexibility index (Phi) is 6.18. The highest BCUT2D eigenvalue weighted by atomic mass is 16.4. The van der Waals surface area contributed by atoms with Crippen molar-refractivity contribution in [1.82, 2.24) is 20.4 Å². The minimum Gasteiger partial charge on any atom is -0.481 e. The van der Waals surface area contributed by atoms with E-state index in [-0.39, 0.29) is 19.4 Å². The largest absolute Gasteiger partial charge is 0.481 e. The molecule has 0 aliphatic rings. The molecule has 0 radical (unpaired) electrons. The van der Waals surface area contributed by atoms with Crippen molar-refractivity contribution < 1.29 is 24.6 Å². The maximum Gasteiger partial charge on any atom is 0.326 e. The molecule has 9 heteroatoms. The second-order valence-electron chi connectivity index (χ2n) is 4.50. The summed E-state index contributed by atoms with van der Waals surface area (Å²) in [5.74, 6) is -2.38. The molecule has 0 saturated carbocycles. The fourth-order valence-electron chi connectivity index (χ4n) is 1.61. The zero-order chi connectivity index (χ0) is 15.8. The lowest BCUT2D eigenvalue weighted by Crippen LogP contribution is -2.46. The number of nitrogens with zero attached hydrogens (tertiary/aromatic N) is 2. The van der Waals surface area contributed by atoms with Crippen LogP contribution in [0.5, 0.6) is 0 Å². The topological polar surface area (TPSA) is 134 Å². The standard InChI is InChI=1S/C12H18N4O5/c1-8-6-14-16(7-8)5-4-13-12(21)15-9(11(19)20)2-3-10(17)18/h6-7,9H,2-5H2,1H3,(H,17,18)(H,19,20)(H2,13,15,21). The smallest absolute Gasteiger partial charge is 0.326 e. The maximum atomic E-state index is 11.5. The second kappa shape index (κ2) is 7.88. The van der Waals surface area contributed by atoms with Crippen molar-refractivity contribution in [3.05, 3.63) is 18.0 Å². The number of rotatable bonds is 8. The van der Waals surface area contributed by atoms with Gasteiger partial charge in [-0.15, -0.1) is 0 Å². The molecule has 0 spiro atoms. The van der Waals surface area contributed by atoms with E-state index in [1.807, 2.05) is 13.1 Å². The van der Waals surface area contributed by atoms with E-state index in [2.05, 4.69) is 15.7 Å². The Hall–Kier alpha value is -2.58. The molecule has 0 fully saturated rings. The van der Waals surface area contributed by atoms with Crippen LogP contribution >= 0.6 is 0 Å². The first-order valence-electron chi connectivity index (χ1n) is 6.36. The first-order chi connectivity index (χ1) is 9.88. The molecule has 0 bridgehead atoms. The Morgan fingerprint density at radius 1 is 1.38 bits per heavy atom. The summed E-state index contributed by atoms with van der Waals surface area (Å²) in [7, 11) is 0. The van der Waals surface area contributed by atoms with Gasteiger partial charge in [-0.25, -0.2) is 9.59 Å². The van der Waals surface area contributed by atoms with Gasteiger partial charge in [-0.2, -0.15) is 5.10 Å². The minimum absolute atomic E-state index is 0.170. The van der Waals surface area contributed by atoms with Crippen LogP contribution in [0.15, 0.2) is 12.4 Å². The summed E-state index contributed by atoms with van der Waals surface area (Å²) in [6, 6.07) is -1.88. The fourth-order valence-corrected chi connectivity index (χ4v) is 1.61. The summed E-state index contributed by atoms with van der Waals surface area (Å²) < 4.78 is 1.65. The van der Waals surface area contributed by atoms with Crippen molar-refractivity contribution in [2.75, 3.05) is 6.54 Å². The zero-order valence-corrected chi connectivity index (χ0v) is 11.6. The molecule has 0 saturated heterocycles. The van der Waals surface area contributed by atoms with Crippen molar-refractivity contribution in [2.45, 2.75) is 32.4 Å². The van der Waals surface area contributed by atoms with E-state index in [4.69, 9.17) is 10.2 Å². The van der Waals surface area contributed by atoms with Crippen LogP contribution in [0, 0.1) is 6.92 Å². The number of aromatic nitrogens is 2. The van der Waals surface area contributed by atoms with Gasteiger partial charge in [0.25, 0.3) is 0 Å². The van der Waals surface area contributed by atoms with Crippen molar-refractivity contribution in [1.29, 1.82) is 0 Å². The van der Waals surface area contributed by atoms with Crippen LogP contribution in [-0.2, 0) is 16.1 Å². The average Bonchev–Trinajstić information content (AvgIpc) is 2.79. The molecule has 1 heterocycles. The van der Waals surface area contributed by atoms with Crippen LogP contribution in [0.2, 0.25) is 0 Å². The Morgan fingerprint density at radius 2 is 2.10 bits per heavy atom. The lowest BCUT2D eigenvalue weighted by Gasteiger charge is -2.14. The molecule has 21 heavy (non-hydrogen) atoms. The Balaban J connectivity index is 2.32. The van der Waals surface area contributed by atoms with Gasteiger partial charge in [-0.05, 0) is 18.9 Å². The molecule has 1 aromatic rings. The maximum absolute atomic E-state index is 11.5. The Morgan fingerprint density at radius 3 is 2.62 bits per heavy atom. The van der Waals surface area contributed by atoms with Crippen LogP contribution in [0.1, 0.15) is 18.4 Å². The number of amides is 2. The first-order valence-corrected chi connectivity index (χ1v) is 6.36. The summed E-state index contributed by atoms with van der Waals surface area (Å²) in [6.07, 6.45) is 3.00. The third-order valence-corrected chi connectivity index (χ3v) is 2.64. The number of carboxylic acids is 2. The van der Waals surface area contributed by atoms with Gasteiger partial charge in [0.15, 0.2) is 0 Å². The summed E-state index contributed by atoms with van der Waals surface area (Å²) >= 11 is 0. The molecule has 9 nitrogen and oxygen atoms in total. The quantitative estimate of drug-likeness (QED) is 0.525. The highest BCUT2D eigenvalue weighted by Gasteiger charge is 2.20. The van der Waals surface area contributed by atoms with Gasteiger partial charge in [-0.3, -0.25) is 9.48 Å². The number of aliphatic carboxylic acids is 2. The molecule has 1 aromatic heterocycles.